The van der Waals surface area contributed by atoms with Gasteiger partial charge in [-0.25, -0.2) is 14.4 Å². The topological polar surface area (TPSA) is 178 Å². The molecule has 4 aliphatic rings. The Kier molecular flexibility index (Phi) is 8.03. The molecule has 0 aromatic heterocycles. The molecule has 1 fully saturated rings. The zero-order chi connectivity index (χ0) is 33.0. The molecular weight excluding hydrogens is 602 g/mol. The van der Waals surface area contributed by atoms with Crippen molar-refractivity contribution >= 4 is 23.9 Å². The van der Waals surface area contributed by atoms with Crippen LogP contribution in [0.15, 0.2) is 54.3 Å². The monoisotopic (exact) mass is 637 g/mol. The number of benzene rings is 2. The Morgan fingerprint density at radius 1 is 1.09 bits per heavy atom. The number of aliphatic hydroxyl groups excluding tert-OH is 1. The number of carboxylic acid groups (broad SMARTS) is 1. The van der Waals surface area contributed by atoms with E-state index in [2.05, 4.69) is 4.90 Å². The quantitative estimate of drug-likeness (QED) is 0.253. The predicted octanol–water partition coefficient (Wildman–Crippen LogP) is 1.57. The Morgan fingerprint density at radius 2 is 1.83 bits per heavy atom. The van der Waals surface area contributed by atoms with E-state index >= 15 is 0 Å². The van der Waals surface area contributed by atoms with Crippen LogP contribution in [0.3, 0.4) is 0 Å². The molecule has 2 aromatic rings. The molecule has 7 atom stereocenters. The molecule has 13 nitrogen and oxygen atoms in total. The Balaban J connectivity index is 1.13. The summed E-state index contributed by atoms with van der Waals surface area (Å²) in [5, 5.41) is 32.4. The van der Waals surface area contributed by atoms with Gasteiger partial charge in [-0.2, -0.15) is 0 Å². The number of ether oxygens (including phenoxy) is 5. The van der Waals surface area contributed by atoms with Crippen LogP contribution in [0.25, 0.3) is 0 Å². The van der Waals surface area contributed by atoms with Gasteiger partial charge in [-0.1, -0.05) is 36.4 Å². The van der Waals surface area contributed by atoms with E-state index in [1.807, 2.05) is 19.2 Å². The number of nitrogens with zero attached hydrogens (tertiary/aromatic N) is 1. The summed E-state index contributed by atoms with van der Waals surface area (Å²) in [5.41, 5.74) is -0.0886. The fraction of sp³-hybridized carbons (Fsp3) is 0.455. The number of rotatable bonds is 10. The van der Waals surface area contributed by atoms with Crippen molar-refractivity contribution in [3.63, 3.8) is 0 Å². The summed E-state index contributed by atoms with van der Waals surface area (Å²) in [7, 11) is 3.49. The molecule has 0 radical (unpaired) electrons. The lowest BCUT2D eigenvalue weighted by Gasteiger charge is -2.61. The van der Waals surface area contributed by atoms with Crippen LogP contribution in [0.2, 0.25) is 0 Å². The van der Waals surface area contributed by atoms with Crippen LogP contribution in [0.1, 0.15) is 49.0 Å². The van der Waals surface area contributed by atoms with Crippen molar-refractivity contribution in [3.05, 3.63) is 71.0 Å². The number of likely N-dealkylation sites (tertiary alicyclic amines) is 1. The van der Waals surface area contributed by atoms with E-state index in [-0.39, 0.29) is 23.8 Å². The maximum Gasteiger partial charge on any atom is 0.349 e. The molecule has 0 unspecified atom stereocenters. The molecule has 13 heteroatoms. The largest absolute Gasteiger partial charge is 0.493 e. The number of hydrogen-bond acceptors (Lipinski definition) is 12. The molecule has 244 valence electrons. The van der Waals surface area contributed by atoms with Gasteiger partial charge in [0.1, 0.15) is 5.76 Å². The maximum absolute atomic E-state index is 13.1. The molecule has 0 saturated carbocycles. The number of hydrogen-bond donors (Lipinski definition) is 3. The van der Waals surface area contributed by atoms with Gasteiger partial charge in [0.15, 0.2) is 29.8 Å². The third-order valence-electron chi connectivity index (χ3n) is 9.61. The zero-order valence-electron chi connectivity index (χ0n) is 25.5. The van der Waals surface area contributed by atoms with E-state index in [0.717, 1.165) is 11.1 Å². The number of carbonyl (C=O) groups excluding carboxylic acids is 3. The van der Waals surface area contributed by atoms with E-state index in [0.29, 0.717) is 30.9 Å². The van der Waals surface area contributed by atoms with E-state index in [4.69, 9.17) is 23.7 Å². The Hall–Kier alpha value is -4.46. The fourth-order valence-electron chi connectivity index (χ4n) is 7.41. The highest BCUT2D eigenvalue weighted by Crippen LogP contribution is 2.65. The number of likely N-dealkylation sites (N-methyl/N-ethyl adjacent to an activating group) is 1. The molecule has 2 aliphatic heterocycles. The van der Waals surface area contributed by atoms with Gasteiger partial charge < -0.3 is 43.9 Å². The Bertz CT molecular complexity index is 1610. The molecule has 6 rings (SSSR count). The summed E-state index contributed by atoms with van der Waals surface area (Å²) in [6, 6.07) is 11.3. The highest BCUT2D eigenvalue weighted by Gasteiger charge is 2.72. The van der Waals surface area contributed by atoms with Crippen LogP contribution < -0.4 is 9.47 Å². The predicted molar refractivity (Wildman–Crippen MR) is 157 cm³/mol. The molecule has 2 aliphatic carbocycles. The second-order valence-corrected chi connectivity index (χ2v) is 12.1. The average molecular weight is 638 g/mol. The van der Waals surface area contributed by atoms with Crippen LogP contribution in [-0.2, 0) is 45.2 Å². The molecule has 46 heavy (non-hydrogen) atoms. The summed E-state index contributed by atoms with van der Waals surface area (Å²) >= 11 is 0. The minimum Gasteiger partial charge on any atom is -0.493 e. The van der Waals surface area contributed by atoms with Crippen molar-refractivity contribution in [3.8, 4) is 11.5 Å². The lowest BCUT2D eigenvalue weighted by molar-refractivity contribution is -0.178. The zero-order valence-corrected chi connectivity index (χ0v) is 25.5. The number of esters is 3. The number of piperidine rings is 1. The number of carbonyl (C=O) groups is 4. The molecule has 2 aromatic carbocycles. The summed E-state index contributed by atoms with van der Waals surface area (Å²) in [6.45, 7) is 1.84. The fourth-order valence-corrected chi connectivity index (χ4v) is 7.41. The number of aliphatic carboxylic acids is 1. The highest BCUT2D eigenvalue weighted by atomic mass is 16.6. The molecule has 3 N–H and O–H groups in total. The van der Waals surface area contributed by atoms with Gasteiger partial charge in [0.2, 0.25) is 6.10 Å². The first-order valence-corrected chi connectivity index (χ1v) is 15.0. The highest BCUT2D eigenvalue weighted by molar-refractivity contribution is 5.85. The van der Waals surface area contributed by atoms with Crippen LogP contribution in [0.4, 0.5) is 0 Å². The number of aliphatic hydroxyl groups is 2. The van der Waals surface area contributed by atoms with Gasteiger partial charge >= 0.3 is 23.9 Å². The smallest absolute Gasteiger partial charge is 0.349 e. The third kappa shape index (κ3) is 4.89. The SMILES string of the molecule is COc1ccc2c3c1O[C@H]1C(OC(=O)[C@@H](O)CC(=O)O[C@@H](C)C(=O)O[C@H](C(=O)O)c4ccccc4)=CC[C@@]4(O)[C@H](C2)N(C)CC[C@]314. The van der Waals surface area contributed by atoms with E-state index in [1.165, 1.54) is 26.2 Å². The first-order valence-electron chi connectivity index (χ1n) is 15.0. The van der Waals surface area contributed by atoms with Crippen molar-refractivity contribution < 1.29 is 58.2 Å². The lowest BCUT2D eigenvalue weighted by atomic mass is 9.50. The summed E-state index contributed by atoms with van der Waals surface area (Å²) < 4.78 is 27.7. The van der Waals surface area contributed by atoms with Gasteiger partial charge in [0.05, 0.1) is 24.5 Å². The van der Waals surface area contributed by atoms with Crippen LogP contribution in [-0.4, -0.2) is 94.8 Å². The summed E-state index contributed by atoms with van der Waals surface area (Å²) in [4.78, 5) is 51.9. The van der Waals surface area contributed by atoms with E-state index < -0.39 is 65.7 Å². The van der Waals surface area contributed by atoms with E-state index in [1.54, 1.807) is 24.3 Å². The number of methoxy groups -OCH3 is 1. The summed E-state index contributed by atoms with van der Waals surface area (Å²) in [6.07, 6.45) is -3.98. The third-order valence-corrected chi connectivity index (χ3v) is 9.61. The summed E-state index contributed by atoms with van der Waals surface area (Å²) in [5.74, 6) is -3.73. The van der Waals surface area contributed by atoms with Crippen molar-refractivity contribution in [2.75, 3.05) is 20.7 Å². The first-order chi connectivity index (χ1) is 21.9. The van der Waals surface area contributed by atoms with Crippen molar-refractivity contribution in [2.24, 2.45) is 0 Å². The number of carboxylic acids is 1. The second kappa shape index (κ2) is 11.7. The van der Waals surface area contributed by atoms with Crippen molar-refractivity contribution in [1.29, 1.82) is 0 Å². The van der Waals surface area contributed by atoms with Gasteiger partial charge in [-0.3, -0.25) is 4.79 Å². The molecule has 1 saturated heterocycles. The van der Waals surface area contributed by atoms with Gasteiger partial charge in [0.25, 0.3) is 0 Å². The molecule has 0 amide bonds. The standard InChI is InChI=1S/C33H35NO12/c1-17(30(39)46-26(29(37)38)18-7-5-4-6-8-18)43-24(36)16-20(35)31(40)44-22-11-12-33(41)23-15-19-9-10-21(42-3)27-25(19)32(33,28(22)45-27)13-14-34(23)2/h4-11,17,20,23,26,28,35,41H,12-16H2,1-3H3,(H,37,38)/t17-,20-,23-,26-,28-,32-,33+/m0/s1. The normalized spacial score (nSPS) is 27.5. The first kappa shape index (κ1) is 31.5. The minimum absolute atomic E-state index is 0.106. The maximum atomic E-state index is 13.1. The molecule has 2 bridgehead atoms. The molecular formula is C33H35NO12. The van der Waals surface area contributed by atoms with Gasteiger partial charge in [0, 0.05) is 23.6 Å². The van der Waals surface area contributed by atoms with Gasteiger partial charge in [-0.05, 0) is 51.1 Å². The lowest BCUT2D eigenvalue weighted by Crippen LogP contribution is -2.74. The van der Waals surface area contributed by atoms with Crippen molar-refractivity contribution in [1.82, 2.24) is 4.90 Å². The van der Waals surface area contributed by atoms with Crippen molar-refractivity contribution in [2.45, 2.75) is 74.1 Å². The van der Waals surface area contributed by atoms with Crippen LogP contribution in [0.5, 0.6) is 11.5 Å². The Labute approximate surface area is 264 Å². The molecule has 1 spiro atoms. The second-order valence-electron chi connectivity index (χ2n) is 12.1. The molecule has 2 heterocycles. The minimum atomic E-state index is -1.96. The van der Waals surface area contributed by atoms with Gasteiger partial charge in [-0.15, -0.1) is 0 Å². The van der Waals surface area contributed by atoms with Crippen LogP contribution in [0, 0.1) is 0 Å². The van der Waals surface area contributed by atoms with Crippen LogP contribution >= 0.6 is 0 Å². The van der Waals surface area contributed by atoms with E-state index in [9.17, 15) is 34.5 Å². The average Bonchev–Trinajstić information content (AvgIpc) is 3.39. The Morgan fingerprint density at radius 3 is 2.52 bits per heavy atom.